The van der Waals surface area contributed by atoms with Crippen LogP contribution in [0.1, 0.15) is 0 Å². The van der Waals surface area contributed by atoms with Crippen LogP contribution in [0.4, 0.5) is 17.1 Å². The van der Waals surface area contributed by atoms with Gasteiger partial charge in [0.05, 0.1) is 5.69 Å². The Labute approximate surface area is 399 Å². The SMILES string of the molecule is c1ccc(-c2ccc(N(c3cccc(-c4ccc5c(c4)[Si](c4ccccc4)(c4ccccc4)c4ccccc4[Si]54c5ccccc5Oc5ccccc54)c3)c3cccc4ccccc34)cc2)cc1. The van der Waals surface area contributed by atoms with Crippen molar-refractivity contribution >= 4 is 85.5 Å². The van der Waals surface area contributed by atoms with Gasteiger partial charge in [-0.05, 0) is 112 Å². The molecule has 320 valence electrons. The highest BCUT2D eigenvalue weighted by atomic mass is 28.3. The van der Waals surface area contributed by atoms with Gasteiger partial charge in [0.1, 0.15) is 11.5 Å². The number of ether oxygens (including phenoxy) is 1. The van der Waals surface area contributed by atoms with Crippen LogP contribution in [0.5, 0.6) is 11.5 Å². The first kappa shape index (κ1) is 40.0. The van der Waals surface area contributed by atoms with E-state index in [0.717, 1.165) is 28.6 Å². The molecule has 13 rings (SSSR count). The molecule has 0 unspecified atom stereocenters. The van der Waals surface area contributed by atoms with Crippen molar-refractivity contribution in [2.45, 2.75) is 0 Å². The number of nitrogens with zero attached hydrogens (tertiary/aromatic N) is 1. The topological polar surface area (TPSA) is 12.5 Å². The predicted molar refractivity (Wildman–Crippen MR) is 290 cm³/mol. The summed E-state index contributed by atoms with van der Waals surface area (Å²) < 4.78 is 6.85. The quantitative estimate of drug-likeness (QED) is 0.148. The van der Waals surface area contributed by atoms with Crippen LogP contribution < -0.4 is 51.1 Å². The Morgan fingerprint density at radius 2 is 0.750 bits per heavy atom. The lowest BCUT2D eigenvalue weighted by molar-refractivity contribution is 0.487. The predicted octanol–water partition coefficient (Wildman–Crippen LogP) is 10.8. The highest BCUT2D eigenvalue weighted by Gasteiger charge is 2.59. The van der Waals surface area contributed by atoms with E-state index in [9.17, 15) is 0 Å². The molecule has 0 saturated carbocycles. The number of para-hydroxylation sites is 2. The lowest BCUT2D eigenvalue weighted by Crippen LogP contribution is -2.93. The summed E-state index contributed by atoms with van der Waals surface area (Å²) in [5, 5.41) is 13.6. The Bertz CT molecular complexity index is 3580. The van der Waals surface area contributed by atoms with E-state index in [4.69, 9.17) is 4.74 Å². The van der Waals surface area contributed by atoms with Crippen LogP contribution in [-0.4, -0.2) is 16.1 Å². The fourth-order valence-electron chi connectivity index (χ4n) is 11.6. The molecule has 0 N–H and O–H groups in total. The maximum Gasteiger partial charge on any atom is 0.188 e. The van der Waals surface area contributed by atoms with Gasteiger partial charge >= 0.3 is 0 Å². The molecule has 2 aliphatic heterocycles. The Balaban J connectivity index is 1.08. The normalized spacial score (nSPS) is 13.6. The molecule has 0 amide bonds. The van der Waals surface area contributed by atoms with Crippen molar-refractivity contribution in [3.63, 3.8) is 0 Å². The fourth-order valence-corrected chi connectivity index (χ4v) is 23.9. The van der Waals surface area contributed by atoms with Crippen LogP contribution in [0.3, 0.4) is 0 Å². The average molecular weight is 900 g/mol. The molecule has 4 heteroatoms. The van der Waals surface area contributed by atoms with Gasteiger partial charge in [-0.3, -0.25) is 0 Å². The zero-order valence-electron chi connectivity index (χ0n) is 37.3. The van der Waals surface area contributed by atoms with Crippen molar-refractivity contribution in [1.82, 2.24) is 0 Å². The Morgan fingerprint density at radius 1 is 0.279 bits per heavy atom. The standard InChI is InChI=1S/C64H45NOSi2/c1-4-20-46(21-5-1)47-38-41-51(42-39-47)65(56-31-19-23-48-22-10-11-30-55(48)56)52-25-18-24-49(44-52)50-40-43-63-64(45-50)67(53-26-6-2-7-27-53,54-28-8-3-9-29-54)61-36-16-17-37-62(61)68(63)59-34-14-12-32-57(59)66-58-33-13-15-35-60(58)68/h1-45H. The van der Waals surface area contributed by atoms with Crippen molar-refractivity contribution in [2.24, 2.45) is 0 Å². The first-order valence-electron chi connectivity index (χ1n) is 23.5. The Morgan fingerprint density at radius 3 is 1.43 bits per heavy atom. The van der Waals surface area contributed by atoms with E-state index in [1.807, 2.05) is 0 Å². The van der Waals surface area contributed by atoms with Crippen LogP contribution >= 0.6 is 0 Å². The molecule has 2 aliphatic rings. The van der Waals surface area contributed by atoms with Gasteiger partial charge in [-0.2, -0.15) is 0 Å². The summed E-state index contributed by atoms with van der Waals surface area (Å²) in [6.07, 6.45) is 0. The second-order valence-electron chi connectivity index (χ2n) is 17.9. The molecule has 0 saturated heterocycles. The monoisotopic (exact) mass is 899 g/mol. The zero-order valence-corrected chi connectivity index (χ0v) is 39.3. The average Bonchev–Trinajstić information content (AvgIpc) is 3.42. The smallest absolute Gasteiger partial charge is 0.188 e. The van der Waals surface area contributed by atoms with Crippen molar-refractivity contribution in [3.05, 3.63) is 273 Å². The Kier molecular flexibility index (Phi) is 9.56. The van der Waals surface area contributed by atoms with Gasteiger partial charge in [0.25, 0.3) is 0 Å². The molecule has 0 radical (unpaired) electrons. The van der Waals surface area contributed by atoms with E-state index in [0.29, 0.717) is 0 Å². The first-order chi connectivity index (χ1) is 33.7. The second kappa shape index (κ2) is 16.2. The van der Waals surface area contributed by atoms with E-state index in [1.165, 1.54) is 74.5 Å². The molecule has 68 heavy (non-hydrogen) atoms. The van der Waals surface area contributed by atoms with E-state index >= 15 is 0 Å². The molecule has 11 aromatic rings. The van der Waals surface area contributed by atoms with Gasteiger partial charge in [0.2, 0.25) is 0 Å². The molecule has 0 aliphatic carbocycles. The number of hydrogen-bond acceptors (Lipinski definition) is 2. The minimum Gasteiger partial charge on any atom is -0.458 e. The largest absolute Gasteiger partial charge is 0.458 e. The summed E-state index contributed by atoms with van der Waals surface area (Å²) in [7, 11) is -6.02. The maximum atomic E-state index is 6.85. The van der Waals surface area contributed by atoms with Gasteiger partial charge < -0.3 is 9.64 Å². The summed E-state index contributed by atoms with van der Waals surface area (Å²) in [4.78, 5) is 2.43. The highest BCUT2D eigenvalue weighted by Crippen LogP contribution is 2.41. The summed E-state index contributed by atoms with van der Waals surface area (Å²) in [6.45, 7) is 0. The lowest BCUT2D eigenvalue weighted by atomic mass is 10.0. The number of anilines is 3. The third-order valence-corrected chi connectivity index (χ3v) is 24.8. The van der Waals surface area contributed by atoms with E-state index in [1.54, 1.807) is 0 Å². The third-order valence-electron chi connectivity index (χ3n) is 14.5. The minimum atomic E-state index is -3.01. The minimum absolute atomic E-state index is 0.953. The van der Waals surface area contributed by atoms with Crippen molar-refractivity contribution in [1.29, 1.82) is 0 Å². The lowest BCUT2D eigenvalue weighted by Gasteiger charge is -2.50. The van der Waals surface area contributed by atoms with Crippen molar-refractivity contribution in [2.75, 3.05) is 4.90 Å². The molecular formula is C64H45NOSi2. The molecule has 11 aromatic carbocycles. The number of hydrogen-bond donors (Lipinski definition) is 0. The maximum absolute atomic E-state index is 6.85. The number of rotatable bonds is 7. The highest BCUT2D eigenvalue weighted by molar-refractivity contribution is 7.33. The van der Waals surface area contributed by atoms with Crippen LogP contribution in [0.2, 0.25) is 0 Å². The molecule has 0 aromatic heterocycles. The van der Waals surface area contributed by atoms with Gasteiger partial charge in [-0.25, -0.2) is 0 Å². The summed E-state index contributed by atoms with van der Waals surface area (Å²) >= 11 is 0. The molecule has 2 heterocycles. The Hall–Kier alpha value is -8.29. The van der Waals surface area contributed by atoms with E-state index in [2.05, 4.69) is 278 Å². The summed E-state index contributed by atoms with van der Waals surface area (Å²) in [6, 6.07) is 102. The number of fused-ring (bicyclic) bond motifs is 9. The zero-order chi connectivity index (χ0) is 45.1. The van der Waals surface area contributed by atoms with Gasteiger partial charge in [0, 0.05) is 16.8 Å². The summed E-state index contributed by atoms with van der Waals surface area (Å²) in [5.41, 5.74) is 8.10. The van der Waals surface area contributed by atoms with E-state index < -0.39 is 16.1 Å². The van der Waals surface area contributed by atoms with E-state index in [-0.39, 0.29) is 0 Å². The van der Waals surface area contributed by atoms with Crippen molar-refractivity contribution in [3.8, 4) is 33.8 Å². The van der Waals surface area contributed by atoms with Crippen LogP contribution in [-0.2, 0) is 0 Å². The third kappa shape index (κ3) is 6.08. The van der Waals surface area contributed by atoms with Crippen LogP contribution in [0, 0.1) is 0 Å². The molecule has 0 atom stereocenters. The molecular weight excluding hydrogens is 855 g/mol. The molecule has 1 spiro atoms. The molecule has 0 fully saturated rings. The van der Waals surface area contributed by atoms with Crippen molar-refractivity contribution < 1.29 is 4.74 Å². The first-order valence-corrected chi connectivity index (χ1v) is 27.5. The fraction of sp³-hybridized carbons (Fsp3) is 0. The molecule has 2 nitrogen and oxygen atoms in total. The summed E-state index contributed by atoms with van der Waals surface area (Å²) in [5.74, 6) is 1.91. The number of benzene rings is 11. The van der Waals surface area contributed by atoms with Crippen LogP contribution in [0.15, 0.2) is 273 Å². The van der Waals surface area contributed by atoms with Gasteiger partial charge in [0.15, 0.2) is 16.1 Å². The molecule has 0 bridgehead atoms. The van der Waals surface area contributed by atoms with Gasteiger partial charge in [-0.15, -0.1) is 0 Å². The van der Waals surface area contributed by atoms with Gasteiger partial charge in [-0.1, -0.05) is 231 Å². The van der Waals surface area contributed by atoms with Crippen LogP contribution in [0.25, 0.3) is 33.0 Å². The second-order valence-corrected chi connectivity index (χ2v) is 25.3.